The Bertz CT molecular complexity index is 531. The molecule has 0 saturated heterocycles. The molecule has 4 nitrogen and oxygen atoms in total. The van der Waals surface area contributed by atoms with E-state index in [0.717, 1.165) is 23.1 Å². The fraction of sp³-hybridized carbons (Fsp3) is 0.538. The van der Waals surface area contributed by atoms with Gasteiger partial charge in [-0.05, 0) is 37.3 Å². The lowest BCUT2D eigenvalue weighted by Gasteiger charge is -2.15. The predicted molar refractivity (Wildman–Crippen MR) is 68.1 cm³/mol. The molecule has 0 aliphatic heterocycles. The number of rotatable bonds is 2. The van der Waals surface area contributed by atoms with E-state index in [1.807, 2.05) is 16.8 Å². The van der Waals surface area contributed by atoms with Crippen LogP contribution in [0.3, 0.4) is 0 Å². The van der Waals surface area contributed by atoms with Crippen molar-refractivity contribution in [2.45, 2.75) is 39.2 Å². The summed E-state index contributed by atoms with van der Waals surface area (Å²) in [6, 6.07) is 4.60. The number of aromatic nitrogens is 3. The first-order valence-electron chi connectivity index (χ1n) is 6.32. The SMILES string of the molecule is Cc1cccn2nc(NC3CCCC3C)nc12. The number of fused-ring (bicyclic) bond motifs is 1. The summed E-state index contributed by atoms with van der Waals surface area (Å²) >= 11 is 0. The highest BCUT2D eigenvalue weighted by atomic mass is 15.3. The minimum atomic E-state index is 0.535. The Balaban J connectivity index is 1.88. The molecule has 2 aromatic heterocycles. The van der Waals surface area contributed by atoms with Crippen molar-refractivity contribution < 1.29 is 0 Å². The predicted octanol–water partition coefficient (Wildman–Crippen LogP) is 2.64. The zero-order chi connectivity index (χ0) is 11.8. The van der Waals surface area contributed by atoms with Gasteiger partial charge in [0, 0.05) is 12.2 Å². The Kier molecular flexibility index (Phi) is 2.50. The van der Waals surface area contributed by atoms with Crippen LogP contribution in [0, 0.1) is 12.8 Å². The lowest BCUT2D eigenvalue weighted by molar-refractivity contribution is 0.553. The molecule has 2 atom stereocenters. The van der Waals surface area contributed by atoms with Crippen LogP contribution in [0.25, 0.3) is 5.65 Å². The van der Waals surface area contributed by atoms with Gasteiger partial charge in [-0.15, -0.1) is 5.10 Å². The van der Waals surface area contributed by atoms with Crippen LogP contribution in [0.5, 0.6) is 0 Å². The zero-order valence-electron chi connectivity index (χ0n) is 10.3. The number of aryl methyl sites for hydroxylation is 1. The van der Waals surface area contributed by atoms with Crippen molar-refractivity contribution in [2.75, 3.05) is 5.32 Å². The molecule has 90 valence electrons. The first kappa shape index (κ1) is 10.6. The topological polar surface area (TPSA) is 42.2 Å². The summed E-state index contributed by atoms with van der Waals surface area (Å²) in [6.07, 6.45) is 5.80. The second kappa shape index (κ2) is 4.02. The number of nitrogens with one attached hydrogen (secondary N) is 1. The number of anilines is 1. The average Bonchev–Trinajstić information content (AvgIpc) is 2.87. The van der Waals surface area contributed by atoms with E-state index < -0.39 is 0 Å². The highest BCUT2D eigenvalue weighted by Gasteiger charge is 2.24. The number of nitrogens with zero attached hydrogens (tertiary/aromatic N) is 3. The van der Waals surface area contributed by atoms with E-state index in [9.17, 15) is 0 Å². The van der Waals surface area contributed by atoms with Gasteiger partial charge in [-0.1, -0.05) is 19.4 Å². The number of hydrogen-bond donors (Lipinski definition) is 1. The molecule has 1 saturated carbocycles. The van der Waals surface area contributed by atoms with Gasteiger partial charge in [0.1, 0.15) is 0 Å². The lowest BCUT2D eigenvalue weighted by atomic mass is 10.1. The van der Waals surface area contributed by atoms with Crippen molar-refractivity contribution in [1.29, 1.82) is 0 Å². The van der Waals surface area contributed by atoms with E-state index in [4.69, 9.17) is 0 Å². The highest BCUT2D eigenvalue weighted by molar-refractivity contribution is 5.50. The van der Waals surface area contributed by atoms with E-state index in [-0.39, 0.29) is 0 Å². The minimum absolute atomic E-state index is 0.535. The molecule has 1 N–H and O–H groups in total. The molecule has 17 heavy (non-hydrogen) atoms. The van der Waals surface area contributed by atoms with E-state index >= 15 is 0 Å². The maximum atomic E-state index is 4.55. The average molecular weight is 230 g/mol. The summed E-state index contributed by atoms with van der Waals surface area (Å²) in [5.74, 6) is 1.49. The summed E-state index contributed by atoms with van der Waals surface area (Å²) in [5, 5.41) is 7.93. The summed E-state index contributed by atoms with van der Waals surface area (Å²) in [7, 11) is 0. The van der Waals surface area contributed by atoms with Crippen LogP contribution in [0.1, 0.15) is 31.7 Å². The van der Waals surface area contributed by atoms with Gasteiger partial charge in [0.25, 0.3) is 0 Å². The second-order valence-corrected chi connectivity index (χ2v) is 5.05. The summed E-state index contributed by atoms with van der Waals surface area (Å²) in [6.45, 7) is 4.36. The summed E-state index contributed by atoms with van der Waals surface area (Å²) in [4.78, 5) is 4.55. The summed E-state index contributed by atoms with van der Waals surface area (Å²) < 4.78 is 1.84. The molecule has 2 aromatic rings. The third-order valence-electron chi connectivity index (χ3n) is 3.73. The molecule has 2 unspecified atom stereocenters. The molecular weight excluding hydrogens is 212 g/mol. The third kappa shape index (κ3) is 1.88. The smallest absolute Gasteiger partial charge is 0.243 e. The molecule has 4 heteroatoms. The van der Waals surface area contributed by atoms with E-state index in [0.29, 0.717) is 6.04 Å². The quantitative estimate of drug-likeness (QED) is 0.862. The number of hydrogen-bond acceptors (Lipinski definition) is 3. The van der Waals surface area contributed by atoms with Gasteiger partial charge in [0.2, 0.25) is 5.95 Å². The maximum absolute atomic E-state index is 4.55. The molecule has 0 aromatic carbocycles. The first-order valence-corrected chi connectivity index (χ1v) is 6.32. The van der Waals surface area contributed by atoms with Crippen LogP contribution in [0.2, 0.25) is 0 Å². The highest BCUT2D eigenvalue weighted by Crippen LogP contribution is 2.27. The van der Waals surface area contributed by atoms with Gasteiger partial charge in [0.15, 0.2) is 5.65 Å². The molecule has 0 bridgehead atoms. The second-order valence-electron chi connectivity index (χ2n) is 5.05. The molecule has 3 rings (SSSR count). The van der Waals surface area contributed by atoms with Crippen LogP contribution in [0.4, 0.5) is 5.95 Å². The molecule has 0 spiro atoms. The Labute approximate surface area is 101 Å². The van der Waals surface area contributed by atoms with Crippen molar-refractivity contribution in [2.24, 2.45) is 5.92 Å². The van der Waals surface area contributed by atoms with E-state index in [1.165, 1.54) is 19.3 Å². The molecule has 2 heterocycles. The van der Waals surface area contributed by atoms with Gasteiger partial charge in [0.05, 0.1) is 0 Å². The Morgan fingerprint density at radius 2 is 2.29 bits per heavy atom. The van der Waals surface area contributed by atoms with Crippen LogP contribution in [0.15, 0.2) is 18.3 Å². The van der Waals surface area contributed by atoms with Gasteiger partial charge in [-0.25, -0.2) is 4.52 Å². The van der Waals surface area contributed by atoms with Gasteiger partial charge >= 0.3 is 0 Å². The van der Waals surface area contributed by atoms with Crippen LogP contribution in [-0.2, 0) is 0 Å². The third-order valence-corrected chi connectivity index (χ3v) is 3.73. The largest absolute Gasteiger partial charge is 0.350 e. The van der Waals surface area contributed by atoms with Gasteiger partial charge in [-0.3, -0.25) is 0 Å². The lowest BCUT2D eigenvalue weighted by Crippen LogP contribution is -2.22. The Hall–Kier alpha value is -1.58. The standard InChI is InChI=1S/C13H18N4/c1-9-5-3-7-11(9)14-13-15-12-10(2)6-4-8-17(12)16-13/h4,6,8-9,11H,3,5,7H2,1-2H3,(H,14,16). The summed E-state index contributed by atoms with van der Waals surface area (Å²) in [5.41, 5.74) is 2.10. The number of pyridine rings is 1. The first-order chi connectivity index (χ1) is 8.24. The Morgan fingerprint density at radius 1 is 1.41 bits per heavy atom. The molecule has 1 aliphatic rings. The van der Waals surface area contributed by atoms with Crippen LogP contribution < -0.4 is 5.32 Å². The van der Waals surface area contributed by atoms with Crippen LogP contribution in [-0.4, -0.2) is 20.6 Å². The van der Waals surface area contributed by atoms with Crippen molar-refractivity contribution in [3.63, 3.8) is 0 Å². The fourth-order valence-corrected chi connectivity index (χ4v) is 2.63. The van der Waals surface area contributed by atoms with Crippen molar-refractivity contribution >= 4 is 11.6 Å². The fourth-order valence-electron chi connectivity index (χ4n) is 2.63. The molecular formula is C13H18N4. The van der Waals surface area contributed by atoms with E-state index in [2.05, 4.69) is 35.3 Å². The Morgan fingerprint density at radius 3 is 3.00 bits per heavy atom. The van der Waals surface area contributed by atoms with Gasteiger partial charge in [-0.2, -0.15) is 4.98 Å². The maximum Gasteiger partial charge on any atom is 0.243 e. The molecule has 0 radical (unpaired) electrons. The van der Waals surface area contributed by atoms with Crippen molar-refractivity contribution in [3.05, 3.63) is 23.9 Å². The van der Waals surface area contributed by atoms with Crippen molar-refractivity contribution in [1.82, 2.24) is 14.6 Å². The molecule has 0 amide bonds. The van der Waals surface area contributed by atoms with Gasteiger partial charge < -0.3 is 5.32 Å². The van der Waals surface area contributed by atoms with E-state index in [1.54, 1.807) is 0 Å². The normalized spacial score (nSPS) is 24.4. The zero-order valence-corrected chi connectivity index (χ0v) is 10.3. The molecule has 1 fully saturated rings. The van der Waals surface area contributed by atoms with Crippen molar-refractivity contribution in [3.8, 4) is 0 Å². The van der Waals surface area contributed by atoms with Crippen LogP contribution >= 0.6 is 0 Å². The monoisotopic (exact) mass is 230 g/mol. The minimum Gasteiger partial charge on any atom is -0.350 e. The molecule has 1 aliphatic carbocycles.